The lowest BCUT2D eigenvalue weighted by Gasteiger charge is -2.23. The molecule has 0 unspecified atom stereocenters. The first-order valence-electron chi connectivity index (χ1n) is 6.14. The summed E-state index contributed by atoms with van der Waals surface area (Å²) in [6.07, 6.45) is 2.12. The third-order valence-corrected chi connectivity index (χ3v) is 3.58. The van der Waals surface area contributed by atoms with Gasteiger partial charge in [-0.3, -0.25) is 4.98 Å². The molecule has 2 aromatic rings. The Morgan fingerprint density at radius 1 is 1.44 bits per heavy atom. The zero-order valence-electron chi connectivity index (χ0n) is 10.3. The highest BCUT2D eigenvalue weighted by Crippen LogP contribution is 2.37. The quantitative estimate of drug-likeness (QED) is 0.807. The summed E-state index contributed by atoms with van der Waals surface area (Å²) in [6, 6.07) is 5.65. The molecule has 4 nitrogen and oxygen atoms in total. The molecule has 1 aliphatic rings. The van der Waals surface area contributed by atoms with Gasteiger partial charge in [-0.1, -0.05) is 0 Å². The van der Waals surface area contributed by atoms with Crippen LogP contribution in [0.1, 0.15) is 30.2 Å². The van der Waals surface area contributed by atoms with Crippen LogP contribution in [-0.2, 0) is 6.42 Å². The van der Waals surface area contributed by atoms with Crippen molar-refractivity contribution in [3.8, 4) is 5.75 Å². The summed E-state index contributed by atoms with van der Waals surface area (Å²) in [7, 11) is 1.63. The number of ether oxygens (including phenoxy) is 1. The number of aromatic nitrogens is 1. The molecule has 0 fully saturated rings. The van der Waals surface area contributed by atoms with Gasteiger partial charge >= 0.3 is 0 Å². The zero-order chi connectivity index (χ0) is 12.7. The van der Waals surface area contributed by atoms with Gasteiger partial charge in [0.25, 0.3) is 0 Å². The second-order valence-electron chi connectivity index (χ2n) is 4.68. The van der Waals surface area contributed by atoms with Crippen molar-refractivity contribution in [2.45, 2.75) is 25.4 Å². The van der Waals surface area contributed by atoms with E-state index >= 15 is 0 Å². The predicted molar refractivity (Wildman–Crippen MR) is 70.6 cm³/mol. The number of aryl methyl sites for hydroxylation is 1. The largest absolute Gasteiger partial charge is 0.497 e. The molecule has 94 valence electrons. The maximum atomic E-state index is 10.1. The van der Waals surface area contributed by atoms with Crippen molar-refractivity contribution in [2.24, 2.45) is 0 Å². The van der Waals surface area contributed by atoms with Crippen molar-refractivity contribution in [2.75, 3.05) is 12.8 Å². The second kappa shape index (κ2) is 4.14. The fraction of sp³-hybridized carbons (Fsp3) is 0.357. The fourth-order valence-corrected chi connectivity index (χ4v) is 2.63. The Labute approximate surface area is 105 Å². The number of nitrogen functional groups attached to an aromatic ring is 1. The van der Waals surface area contributed by atoms with E-state index in [4.69, 9.17) is 10.5 Å². The molecule has 4 heteroatoms. The molecule has 0 amide bonds. The number of rotatable bonds is 1. The molecular weight excluding hydrogens is 228 g/mol. The summed E-state index contributed by atoms with van der Waals surface area (Å²) >= 11 is 0. The number of aliphatic hydroxyl groups is 1. The van der Waals surface area contributed by atoms with Gasteiger partial charge in [0.1, 0.15) is 5.75 Å². The van der Waals surface area contributed by atoms with E-state index in [0.717, 1.165) is 47.2 Å². The third-order valence-electron chi connectivity index (χ3n) is 3.58. The molecule has 1 aliphatic carbocycles. The van der Waals surface area contributed by atoms with Crippen LogP contribution in [0.25, 0.3) is 10.9 Å². The summed E-state index contributed by atoms with van der Waals surface area (Å²) in [5, 5.41) is 10.9. The fourth-order valence-electron chi connectivity index (χ4n) is 2.63. The highest BCUT2D eigenvalue weighted by molar-refractivity contribution is 5.93. The summed E-state index contributed by atoms with van der Waals surface area (Å²) < 4.78 is 5.20. The Bertz CT molecular complexity index is 610. The van der Waals surface area contributed by atoms with Crippen LogP contribution >= 0.6 is 0 Å². The van der Waals surface area contributed by atoms with Gasteiger partial charge in [0, 0.05) is 28.4 Å². The second-order valence-corrected chi connectivity index (χ2v) is 4.68. The predicted octanol–water partition coefficient (Wildman–Crippen LogP) is 2.20. The summed E-state index contributed by atoms with van der Waals surface area (Å²) in [5.41, 5.74) is 9.41. The summed E-state index contributed by atoms with van der Waals surface area (Å²) in [4.78, 5) is 4.62. The van der Waals surface area contributed by atoms with Crippen LogP contribution in [0.5, 0.6) is 5.75 Å². The first kappa shape index (κ1) is 11.3. The van der Waals surface area contributed by atoms with Crippen LogP contribution in [0.3, 0.4) is 0 Å². The maximum Gasteiger partial charge on any atom is 0.121 e. The molecule has 0 saturated carbocycles. The van der Waals surface area contributed by atoms with E-state index in [-0.39, 0.29) is 0 Å². The molecule has 0 aliphatic heterocycles. The highest BCUT2D eigenvalue weighted by atomic mass is 16.5. The average molecular weight is 244 g/mol. The smallest absolute Gasteiger partial charge is 0.121 e. The molecule has 18 heavy (non-hydrogen) atoms. The molecule has 1 heterocycles. The van der Waals surface area contributed by atoms with Crippen molar-refractivity contribution < 1.29 is 9.84 Å². The first-order chi connectivity index (χ1) is 8.70. The van der Waals surface area contributed by atoms with Gasteiger partial charge in [0.2, 0.25) is 0 Å². The number of benzene rings is 1. The van der Waals surface area contributed by atoms with Crippen LogP contribution in [0, 0.1) is 0 Å². The van der Waals surface area contributed by atoms with Crippen LogP contribution in [0.15, 0.2) is 18.2 Å². The molecular formula is C14H16N2O2. The average Bonchev–Trinajstić information content (AvgIpc) is 2.38. The first-order valence-corrected chi connectivity index (χ1v) is 6.14. The lowest BCUT2D eigenvalue weighted by atomic mass is 9.90. The lowest BCUT2D eigenvalue weighted by molar-refractivity contribution is 0.156. The van der Waals surface area contributed by atoms with Crippen molar-refractivity contribution >= 4 is 16.6 Å². The normalized spacial score (nSPS) is 18.7. The standard InChI is InChI=1S/C14H16N2O2/c1-18-8-5-6-9-11(7-8)16-10-3-2-4-12(17)13(10)14(9)15/h5-7,12,17H,2-4H2,1H3,(H2,15,16)/t12-/m0/s1. The van der Waals surface area contributed by atoms with Crippen LogP contribution in [0.4, 0.5) is 5.69 Å². The van der Waals surface area contributed by atoms with Gasteiger partial charge in [0.05, 0.1) is 18.7 Å². The van der Waals surface area contributed by atoms with Gasteiger partial charge in [-0.25, -0.2) is 0 Å². The molecule has 0 saturated heterocycles. The Hall–Kier alpha value is -1.81. The number of nitrogens with zero attached hydrogens (tertiary/aromatic N) is 1. The molecule has 0 bridgehead atoms. The number of hydrogen-bond donors (Lipinski definition) is 2. The third kappa shape index (κ3) is 1.61. The van der Waals surface area contributed by atoms with Crippen LogP contribution < -0.4 is 10.5 Å². The molecule has 1 aromatic carbocycles. The molecule has 3 rings (SSSR count). The van der Waals surface area contributed by atoms with Gasteiger partial charge in [-0.15, -0.1) is 0 Å². The Balaban J connectivity index is 2.29. The zero-order valence-corrected chi connectivity index (χ0v) is 10.3. The number of hydrogen-bond acceptors (Lipinski definition) is 4. The van der Waals surface area contributed by atoms with Crippen molar-refractivity contribution in [1.82, 2.24) is 4.98 Å². The number of fused-ring (bicyclic) bond motifs is 2. The highest BCUT2D eigenvalue weighted by Gasteiger charge is 2.23. The van der Waals surface area contributed by atoms with Crippen LogP contribution in [0.2, 0.25) is 0 Å². The van der Waals surface area contributed by atoms with Crippen molar-refractivity contribution in [3.63, 3.8) is 0 Å². The molecule has 1 aromatic heterocycles. The Kier molecular flexibility index (Phi) is 2.59. The van der Waals surface area contributed by atoms with E-state index in [0.29, 0.717) is 5.69 Å². The minimum absolute atomic E-state index is 0.479. The molecule has 0 radical (unpaired) electrons. The number of anilines is 1. The Morgan fingerprint density at radius 2 is 2.28 bits per heavy atom. The molecule has 0 spiro atoms. The molecule has 3 N–H and O–H groups in total. The van der Waals surface area contributed by atoms with E-state index < -0.39 is 6.10 Å². The van der Waals surface area contributed by atoms with Gasteiger partial charge in [0.15, 0.2) is 0 Å². The lowest BCUT2D eigenvalue weighted by Crippen LogP contribution is -2.14. The number of aliphatic hydroxyl groups excluding tert-OH is 1. The van der Waals surface area contributed by atoms with Gasteiger partial charge < -0.3 is 15.6 Å². The van der Waals surface area contributed by atoms with E-state index in [1.54, 1.807) is 7.11 Å². The Morgan fingerprint density at radius 3 is 3.06 bits per heavy atom. The van der Waals surface area contributed by atoms with E-state index in [1.807, 2.05) is 18.2 Å². The maximum absolute atomic E-state index is 10.1. The summed E-state index contributed by atoms with van der Waals surface area (Å²) in [5.74, 6) is 0.769. The van der Waals surface area contributed by atoms with Gasteiger partial charge in [-0.05, 0) is 31.4 Å². The SMILES string of the molecule is COc1ccc2c(N)c3c(nc2c1)CCC[C@@H]3O. The van der Waals surface area contributed by atoms with E-state index in [2.05, 4.69) is 4.98 Å². The minimum atomic E-state index is -0.479. The monoisotopic (exact) mass is 244 g/mol. The van der Waals surface area contributed by atoms with E-state index in [1.165, 1.54) is 0 Å². The topological polar surface area (TPSA) is 68.4 Å². The molecule has 1 atom stereocenters. The van der Waals surface area contributed by atoms with Gasteiger partial charge in [-0.2, -0.15) is 0 Å². The van der Waals surface area contributed by atoms with Crippen molar-refractivity contribution in [3.05, 3.63) is 29.5 Å². The minimum Gasteiger partial charge on any atom is -0.497 e. The van der Waals surface area contributed by atoms with E-state index in [9.17, 15) is 5.11 Å². The number of pyridine rings is 1. The number of nitrogens with two attached hydrogens (primary N) is 1. The van der Waals surface area contributed by atoms with Crippen LogP contribution in [-0.4, -0.2) is 17.2 Å². The summed E-state index contributed by atoms with van der Waals surface area (Å²) in [6.45, 7) is 0. The van der Waals surface area contributed by atoms with Crippen molar-refractivity contribution in [1.29, 1.82) is 0 Å². The number of methoxy groups -OCH3 is 1.